The molecule has 2 unspecified atom stereocenters. The SMILES string of the molecule is CN1CCCC(N2CCCCC2CCC(=O)O)CC1. The van der Waals surface area contributed by atoms with Gasteiger partial charge in [-0.3, -0.25) is 9.69 Å². The maximum absolute atomic E-state index is 10.8. The van der Waals surface area contributed by atoms with E-state index in [0.717, 1.165) is 6.42 Å². The first-order chi connectivity index (χ1) is 9.16. The fourth-order valence-corrected chi connectivity index (χ4v) is 3.66. The summed E-state index contributed by atoms with van der Waals surface area (Å²) >= 11 is 0. The van der Waals surface area contributed by atoms with E-state index in [9.17, 15) is 4.79 Å². The molecule has 2 aliphatic rings. The highest BCUT2D eigenvalue weighted by Crippen LogP contribution is 2.27. The Bertz CT molecular complexity index is 296. The Morgan fingerprint density at radius 2 is 1.95 bits per heavy atom. The summed E-state index contributed by atoms with van der Waals surface area (Å²) in [5.74, 6) is -0.647. The highest BCUT2D eigenvalue weighted by atomic mass is 16.4. The number of likely N-dealkylation sites (tertiary alicyclic amines) is 2. The Morgan fingerprint density at radius 1 is 1.11 bits per heavy atom. The minimum Gasteiger partial charge on any atom is -0.481 e. The van der Waals surface area contributed by atoms with Gasteiger partial charge in [0.15, 0.2) is 0 Å². The molecule has 2 aliphatic heterocycles. The number of carboxylic acid groups (broad SMARTS) is 1. The number of piperidine rings is 1. The van der Waals surface area contributed by atoms with Crippen LogP contribution in [0.2, 0.25) is 0 Å². The Labute approximate surface area is 116 Å². The van der Waals surface area contributed by atoms with Crippen LogP contribution in [0.3, 0.4) is 0 Å². The van der Waals surface area contributed by atoms with Gasteiger partial charge in [-0.15, -0.1) is 0 Å². The monoisotopic (exact) mass is 268 g/mol. The third-order valence-electron chi connectivity index (χ3n) is 4.75. The molecule has 0 saturated carbocycles. The van der Waals surface area contributed by atoms with E-state index in [1.165, 1.54) is 58.2 Å². The fraction of sp³-hybridized carbons (Fsp3) is 0.933. The highest BCUT2D eigenvalue weighted by Gasteiger charge is 2.29. The van der Waals surface area contributed by atoms with Crippen LogP contribution in [-0.2, 0) is 4.79 Å². The third-order valence-corrected chi connectivity index (χ3v) is 4.75. The van der Waals surface area contributed by atoms with Crippen LogP contribution in [-0.4, -0.2) is 59.6 Å². The number of hydrogen-bond acceptors (Lipinski definition) is 3. The molecule has 0 aromatic heterocycles. The molecule has 0 aromatic carbocycles. The van der Waals surface area contributed by atoms with Gasteiger partial charge in [-0.2, -0.15) is 0 Å². The van der Waals surface area contributed by atoms with E-state index in [1.54, 1.807) is 0 Å². The van der Waals surface area contributed by atoms with Crippen molar-refractivity contribution in [3.05, 3.63) is 0 Å². The number of carbonyl (C=O) groups is 1. The molecule has 2 rings (SSSR count). The maximum Gasteiger partial charge on any atom is 0.303 e. The lowest BCUT2D eigenvalue weighted by molar-refractivity contribution is -0.137. The lowest BCUT2D eigenvalue weighted by Gasteiger charge is -2.41. The van der Waals surface area contributed by atoms with Crippen LogP contribution in [0, 0.1) is 0 Å². The zero-order valence-electron chi connectivity index (χ0n) is 12.2. The summed E-state index contributed by atoms with van der Waals surface area (Å²) in [6, 6.07) is 1.20. The zero-order valence-corrected chi connectivity index (χ0v) is 12.2. The molecule has 2 atom stereocenters. The molecule has 4 nitrogen and oxygen atoms in total. The Kier molecular flexibility index (Phi) is 5.64. The van der Waals surface area contributed by atoms with Crippen LogP contribution < -0.4 is 0 Å². The average molecular weight is 268 g/mol. The first-order valence-corrected chi connectivity index (χ1v) is 7.83. The van der Waals surface area contributed by atoms with Crippen LogP contribution in [0.1, 0.15) is 51.4 Å². The Morgan fingerprint density at radius 3 is 2.74 bits per heavy atom. The topological polar surface area (TPSA) is 43.8 Å². The Balaban J connectivity index is 1.91. The molecule has 0 bridgehead atoms. The van der Waals surface area contributed by atoms with Crippen LogP contribution in [0.5, 0.6) is 0 Å². The van der Waals surface area contributed by atoms with Gasteiger partial charge < -0.3 is 10.0 Å². The summed E-state index contributed by atoms with van der Waals surface area (Å²) in [5.41, 5.74) is 0. The van der Waals surface area contributed by atoms with Gasteiger partial charge in [0.1, 0.15) is 0 Å². The van der Waals surface area contributed by atoms with Gasteiger partial charge in [-0.05, 0) is 65.2 Å². The molecular weight excluding hydrogens is 240 g/mol. The summed E-state index contributed by atoms with van der Waals surface area (Å²) in [6.07, 6.45) is 8.73. The molecule has 0 spiro atoms. The van der Waals surface area contributed by atoms with E-state index < -0.39 is 5.97 Å². The standard InChI is InChI=1S/C15H28N2O2/c1-16-10-4-6-14(9-12-16)17-11-3-2-5-13(17)7-8-15(18)19/h13-14H,2-12H2,1H3,(H,18,19). The minimum absolute atomic E-state index is 0.327. The molecule has 4 heteroatoms. The molecule has 0 aliphatic carbocycles. The van der Waals surface area contributed by atoms with Crippen molar-refractivity contribution >= 4 is 5.97 Å². The lowest BCUT2D eigenvalue weighted by atomic mass is 9.94. The number of rotatable bonds is 4. The molecule has 0 radical (unpaired) electrons. The number of hydrogen-bond donors (Lipinski definition) is 1. The summed E-state index contributed by atoms with van der Waals surface area (Å²) in [7, 11) is 2.21. The molecule has 0 amide bonds. The smallest absolute Gasteiger partial charge is 0.303 e. The van der Waals surface area contributed by atoms with Crippen molar-refractivity contribution in [2.75, 3.05) is 26.7 Å². The first kappa shape index (κ1) is 14.8. The number of aliphatic carboxylic acids is 1. The number of nitrogens with zero attached hydrogens (tertiary/aromatic N) is 2. The highest BCUT2D eigenvalue weighted by molar-refractivity contribution is 5.66. The third kappa shape index (κ3) is 4.46. The van der Waals surface area contributed by atoms with Crippen molar-refractivity contribution in [3.8, 4) is 0 Å². The van der Waals surface area contributed by atoms with Crippen LogP contribution in [0.25, 0.3) is 0 Å². The van der Waals surface area contributed by atoms with Gasteiger partial charge in [0.25, 0.3) is 0 Å². The summed E-state index contributed by atoms with van der Waals surface area (Å²) in [4.78, 5) is 15.9. The summed E-state index contributed by atoms with van der Waals surface area (Å²) in [5, 5.41) is 8.90. The van der Waals surface area contributed by atoms with Gasteiger partial charge in [0.05, 0.1) is 0 Å². The van der Waals surface area contributed by atoms with Gasteiger partial charge in [0, 0.05) is 18.5 Å². The average Bonchev–Trinajstić information content (AvgIpc) is 2.61. The normalized spacial score (nSPS) is 31.0. The van der Waals surface area contributed by atoms with Crippen LogP contribution in [0.4, 0.5) is 0 Å². The molecule has 19 heavy (non-hydrogen) atoms. The van der Waals surface area contributed by atoms with E-state index in [0.29, 0.717) is 18.5 Å². The molecule has 1 N–H and O–H groups in total. The quantitative estimate of drug-likeness (QED) is 0.849. The van der Waals surface area contributed by atoms with Gasteiger partial charge in [0.2, 0.25) is 0 Å². The van der Waals surface area contributed by atoms with Gasteiger partial charge in [-0.1, -0.05) is 6.42 Å². The molecule has 2 heterocycles. The maximum atomic E-state index is 10.8. The predicted octanol–water partition coefficient (Wildman–Crippen LogP) is 2.19. The lowest BCUT2D eigenvalue weighted by Crippen LogP contribution is -2.46. The van der Waals surface area contributed by atoms with Crippen LogP contribution >= 0.6 is 0 Å². The predicted molar refractivity (Wildman–Crippen MR) is 76.4 cm³/mol. The van der Waals surface area contributed by atoms with E-state index >= 15 is 0 Å². The van der Waals surface area contributed by atoms with Crippen LogP contribution in [0.15, 0.2) is 0 Å². The second kappa shape index (κ2) is 7.25. The van der Waals surface area contributed by atoms with Crippen molar-refractivity contribution in [3.63, 3.8) is 0 Å². The first-order valence-electron chi connectivity index (χ1n) is 7.83. The largest absolute Gasteiger partial charge is 0.481 e. The van der Waals surface area contributed by atoms with E-state index in [4.69, 9.17) is 5.11 Å². The molecular formula is C15H28N2O2. The van der Waals surface area contributed by atoms with E-state index in [1.807, 2.05) is 0 Å². The van der Waals surface area contributed by atoms with E-state index in [2.05, 4.69) is 16.8 Å². The summed E-state index contributed by atoms with van der Waals surface area (Å²) in [6.45, 7) is 3.58. The molecule has 110 valence electrons. The van der Waals surface area contributed by atoms with Crippen molar-refractivity contribution in [1.29, 1.82) is 0 Å². The second-order valence-corrected chi connectivity index (χ2v) is 6.21. The van der Waals surface area contributed by atoms with Crippen molar-refractivity contribution in [2.45, 2.75) is 63.5 Å². The second-order valence-electron chi connectivity index (χ2n) is 6.21. The number of carboxylic acids is 1. The van der Waals surface area contributed by atoms with E-state index in [-0.39, 0.29) is 0 Å². The molecule has 2 fully saturated rings. The van der Waals surface area contributed by atoms with Crippen molar-refractivity contribution in [2.24, 2.45) is 0 Å². The molecule has 0 aromatic rings. The minimum atomic E-state index is -0.647. The Hall–Kier alpha value is -0.610. The van der Waals surface area contributed by atoms with Gasteiger partial charge >= 0.3 is 5.97 Å². The van der Waals surface area contributed by atoms with Gasteiger partial charge in [-0.25, -0.2) is 0 Å². The fourth-order valence-electron chi connectivity index (χ4n) is 3.66. The molecule has 2 saturated heterocycles. The summed E-state index contributed by atoms with van der Waals surface area (Å²) < 4.78 is 0. The van der Waals surface area contributed by atoms with Crippen molar-refractivity contribution in [1.82, 2.24) is 9.80 Å². The zero-order chi connectivity index (χ0) is 13.7. The van der Waals surface area contributed by atoms with Crippen molar-refractivity contribution < 1.29 is 9.90 Å².